The summed E-state index contributed by atoms with van der Waals surface area (Å²) < 4.78 is 5.74. The molecule has 114 valence electrons. The van der Waals surface area contributed by atoms with Crippen molar-refractivity contribution in [2.45, 2.75) is 44.6 Å². The Hall–Kier alpha value is -1.24. The molecule has 1 aromatic rings. The number of rotatable bonds is 6. The van der Waals surface area contributed by atoms with Gasteiger partial charge in [-0.1, -0.05) is 37.8 Å². The van der Waals surface area contributed by atoms with Crippen LogP contribution in [0.25, 0.3) is 0 Å². The van der Waals surface area contributed by atoms with E-state index in [0.717, 1.165) is 18.2 Å². The Labute approximate surface area is 129 Å². The maximum atomic E-state index is 10.1. The van der Waals surface area contributed by atoms with Gasteiger partial charge in [0.1, 0.15) is 5.75 Å². The van der Waals surface area contributed by atoms with Crippen molar-refractivity contribution in [3.8, 4) is 17.6 Å². The summed E-state index contributed by atoms with van der Waals surface area (Å²) in [5.41, 5.74) is 0. The Bertz CT molecular complexity index is 495. The fourth-order valence-corrected chi connectivity index (χ4v) is 2.96. The molecule has 0 aliphatic heterocycles. The summed E-state index contributed by atoms with van der Waals surface area (Å²) in [6, 6.07) is 10.9. The van der Waals surface area contributed by atoms with E-state index in [2.05, 4.69) is 31.5 Å². The SMILES string of the molecule is C[Si](C)(C)CC#CC[C@@H](O)[C@@H]1C[C@@H]1COc1ccccc1. The van der Waals surface area contributed by atoms with Crippen molar-refractivity contribution in [1.82, 2.24) is 0 Å². The van der Waals surface area contributed by atoms with Gasteiger partial charge in [-0.3, -0.25) is 0 Å². The van der Waals surface area contributed by atoms with Crippen LogP contribution in [0.4, 0.5) is 0 Å². The van der Waals surface area contributed by atoms with Crippen molar-refractivity contribution in [1.29, 1.82) is 0 Å². The maximum Gasteiger partial charge on any atom is 0.119 e. The third-order valence-electron chi connectivity index (χ3n) is 3.73. The van der Waals surface area contributed by atoms with Crippen molar-refractivity contribution in [2.75, 3.05) is 6.61 Å². The second kappa shape index (κ2) is 7.15. The van der Waals surface area contributed by atoms with E-state index in [1.165, 1.54) is 0 Å². The van der Waals surface area contributed by atoms with Gasteiger partial charge in [0.05, 0.1) is 20.8 Å². The number of aliphatic hydroxyl groups excluding tert-OH is 1. The van der Waals surface area contributed by atoms with Gasteiger partial charge in [-0.15, -0.1) is 11.8 Å². The van der Waals surface area contributed by atoms with Crippen LogP contribution in [0, 0.1) is 23.7 Å². The molecule has 0 radical (unpaired) electrons. The summed E-state index contributed by atoms with van der Waals surface area (Å²) >= 11 is 0. The second-order valence-corrected chi connectivity index (χ2v) is 12.6. The minimum absolute atomic E-state index is 0.288. The Morgan fingerprint density at radius 2 is 1.95 bits per heavy atom. The smallest absolute Gasteiger partial charge is 0.119 e. The van der Waals surface area contributed by atoms with E-state index in [0.29, 0.717) is 24.9 Å². The van der Waals surface area contributed by atoms with E-state index in [4.69, 9.17) is 4.74 Å². The van der Waals surface area contributed by atoms with Crippen molar-refractivity contribution < 1.29 is 9.84 Å². The summed E-state index contributed by atoms with van der Waals surface area (Å²) in [7, 11) is -1.08. The van der Waals surface area contributed by atoms with E-state index in [-0.39, 0.29) is 6.10 Å². The highest BCUT2D eigenvalue weighted by atomic mass is 28.3. The lowest BCUT2D eigenvalue weighted by Gasteiger charge is -2.10. The van der Waals surface area contributed by atoms with Crippen molar-refractivity contribution >= 4 is 8.07 Å². The number of para-hydroxylation sites is 1. The molecule has 1 aliphatic rings. The van der Waals surface area contributed by atoms with Crippen LogP contribution in [0.5, 0.6) is 5.75 Å². The molecule has 1 saturated carbocycles. The Kier molecular flexibility index (Phi) is 5.49. The summed E-state index contributed by atoms with van der Waals surface area (Å²) in [4.78, 5) is 0. The highest BCUT2D eigenvalue weighted by molar-refractivity contribution is 6.76. The molecular weight excluding hydrogens is 276 g/mol. The normalized spacial score (nSPS) is 22.1. The van der Waals surface area contributed by atoms with Gasteiger partial charge in [0.25, 0.3) is 0 Å². The second-order valence-electron chi connectivity index (χ2n) is 7.15. The summed E-state index contributed by atoms with van der Waals surface area (Å²) in [5, 5.41) is 10.1. The van der Waals surface area contributed by atoms with Crippen LogP contribution in [-0.2, 0) is 0 Å². The topological polar surface area (TPSA) is 29.5 Å². The van der Waals surface area contributed by atoms with E-state index in [1.807, 2.05) is 30.3 Å². The molecule has 1 N–H and O–H groups in total. The molecule has 2 nitrogen and oxygen atoms in total. The monoisotopic (exact) mass is 302 g/mol. The van der Waals surface area contributed by atoms with Gasteiger partial charge in [0.2, 0.25) is 0 Å². The number of aliphatic hydroxyl groups is 1. The Morgan fingerprint density at radius 3 is 2.62 bits per heavy atom. The zero-order valence-corrected chi connectivity index (χ0v) is 14.3. The highest BCUT2D eigenvalue weighted by Gasteiger charge is 2.42. The van der Waals surface area contributed by atoms with Gasteiger partial charge in [-0.2, -0.15) is 0 Å². The van der Waals surface area contributed by atoms with Crippen LogP contribution >= 0.6 is 0 Å². The van der Waals surface area contributed by atoms with Gasteiger partial charge in [0.15, 0.2) is 0 Å². The molecule has 1 aromatic carbocycles. The summed E-state index contributed by atoms with van der Waals surface area (Å²) in [5.74, 6) is 8.15. The zero-order chi connectivity index (χ0) is 15.3. The number of hydrogen-bond acceptors (Lipinski definition) is 2. The number of hydrogen-bond donors (Lipinski definition) is 1. The van der Waals surface area contributed by atoms with Crippen LogP contribution in [0.3, 0.4) is 0 Å². The molecule has 21 heavy (non-hydrogen) atoms. The van der Waals surface area contributed by atoms with Gasteiger partial charge in [-0.25, -0.2) is 0 Å². The lowest BCUT2D eigenvalue weighted by atomic mass is 10.1. The van der Waals surface area contributed by atoms with E-state index in [9.17, 15) is 5.11 Å². The third kappa shape index (κ3) is 5.95. The minimum atomic E-state index is -1.08. The quantitative estimate of drug-likeness (QED) is 0.640. The minimum Gasteiger partial charge on any atom is -0.493 e. The van der Waals surface area contributed by atoms with Crippen LogP contribution < -0.4 is 4.74 Å². The first-order chi connectivity index (χ1) is 9.96. The van der Waals surface area contributed by atoms with E-state index in [1.54, 1.807) is 0 Å². The molecule has 0 aromatic heterocycles. The molecule has 0 amide bonds. The average molecular weight is 302 g/mol. The van der Waals surface area contributed by atoms with Crippen molar-refractivity contribution in [3.63, 3.8) is 0 Å². The first-order valence-electron chi connectivity index (χ1n) is 7.77. The van der Waals surface area contributed by atoms with E-state index < -0.39 is 8.07 Å². The lowest BCUT2D eigenvalue weighted by Crippen LogP contribution is -2.17. The zero-order valence-electron chi connectivity index (χ0n) is 13.3. The molecule has 0 unspecified atom stereocenters. The van der Waals surface area contributed by atoms with Crippen LogP contribution in [0.2, 0.25) is 25.7 Å². The van der Waals surface area contributed by atoms with Gasteiger partial charge in [-0.05, 0) is 30.4 Å². The molecule has 0 saturated heterocycles. The van der Waals surface area contributed by atoms with Crippen molar-refractivity contribution in [2.24, 2.45) is 11.8 Å². The fourth-order valence-electron chi connectivity index (χ4n) is 2.31. The van der Waals surface area contributed by atoms with E-state index >= 15 is 0 Å². The first-order valence-corrected chi connectivity index (χ1v) is 11.5. The predicted molar refractivity (Wildman–Crippen MR) is 90.1 cm³/mol. The average Bonchev–Trinajstić information content (AvgIpc) is 3.21. The molecule has 0 heterocycles. The molecule has 1 fully saturated rings. The lowest BCUT2D eigenvalue weighted by molar-refractivity contribution is 0.143. The van der Waals surface area contributed by atoms with Crippen LogP contribution in [-0.4, -0.2) is 25.9 Å². The predicted octanol–water partition coefficient (Wildman–Crippen LogP) is 3.79. The summed E-state index contributed by atoms with van der Waals surface area (Å²) in [6.45, 7) is 7.65. The number of benzene rings is 1. The summed E-state index contributed by atoms with van der Waals surface area (Å²) in [6.07, 6.45) is 1.38. The molecule has 1 aliphatic carbocycles. The first kappa shape index (κ1) is 16.1. The van der Waals surface area contributed by atoms with Crippen molar-refractivity contribution in [3.05, 3.63) is 30.3 Å². The van der Waals surface area contributed by atoms with Crippen LogP contribution in [0.15, 0.2) is 30.3 Å². The molecule has 0 spiro atoms. The third-order valence-corrected chi connectivity index (χ3v) is 4.97. The molecule has 3 heteroatoms. The van der Waals surface area contributed by atoms with Gasteiger partial charge in [0, 0.05) is 12.5 Å². The number of ether oxygens (including phenoxy) is 1. The van der Waals surface area contributed by atoms with Gasteiger partial charge >= 0.3 is 0 Å². The standard InChI is InChI=1S/C18H26O2Si/c1-21(2,3)12-8-7-11-18(19)17-13-15(17)14-20-16-9-5-4-6-10-16/h4-6,9-10,15,17-19H,11-14H2,1-3H3/t15-,17-,18-/m1/s1. The molecule has 3 atom stereocenters. The molecular formula is C18H26O2Si. The Morgan fingerprint density at radius 1 is 1.24 bits per heavy atom. The van der Waals surface area contributed by atoms with Crippen LogP contribution in [0.1, 0.15) is 12.8 Å². The Balaban J connectivity index is 1.66. The largest absolute Gasteiger partial charge is 0.493 e. The van der Waals surface area contributed by atoms with Gasteiger partial charge < -0.3 is 9.84 Å². The highest BCUT2D eigenvalue weighted by Crippen LogP contribution is 2.42. The maximum absolute atomic E-state index is 10.1. The molecule has 0 bridgehead atoms. The molecule has 2 rings (SSSR count). The fraction of sp³-hybridized carbons (Fsp3) is 0.556.